The Bertz CT molecular complexity index is 1120. The standard InChI is InChI=1S/C23H25N5O2/c1-14-4-2-5-15-6-3-7-19(21(14)15)28-11-10-17-18(12-28)26-23(27-22(17)24)30-13-16-8-9-20(29)25-16/h2-7,16H,8-13H2,1H3,(H,25,29)(H2,24,26,27)/t16-/m0/s1. The second kappa shape index (κ2) is 7.48. The highest BCUT2D eigenvalue weighted by Crippen LogP contribution is 2.33. The van der Waals surface area contributed by atoms with Gasteiger partial charge in [0.1, 0.15) is 12.4 Å². The third kappa shape index (κ3) is 3.40. The number of ether oxygens (including phenoxy) is 1. The van der Waals surface area contributed by atoms with Gasteiger partial charge in [-0.2, -0.15) is 9.97 Å². The first-order valence-corrected chi connectivity index (χ1v) is 10.4. The second-order valence-corrected chi connectivity index (χ2v) is 8.05. The van der Waals surface area contributed by atoms with Crippen LogP contribution in [0.15, 0.2) is 36.4 Å². The van der Waals surface area contributed by atoms with Gasteiger partial charge in [-0.1, -0.05) is 30.3 Å². The highest BCUT2D eigenvalue weighted by atomic mass is 16.5. The number of carbonyl (C=O) groups excluding carboxylic acids is 1. The van der Waals surface area contributed by atoms with Crippen molar-refractivity contribution in [1.82, 2.24) is 15.3 Å². The van der Waals surface area contributed by atoms with E-state index in [-0.39, 0.29) is 18.0 Å². The van der Waals surface area contributed by atoms with E-state index in [1.165, 1.54) is 22.0 Å². The number of nitrogen functional groups attached to an aromatic ring is 1. The van der Waals surface area contributed by atoms with Crippen molar-refractivity contribution in [2.24, 2.45) is 0 Å². The number of amides is 1. The third-order valence-electron chi connectivity index (χ3n) is 6.01. The first kappa shape index (κ1) is 18.7. The molecule has 154 valence electrons. The van der Waals surface area contributed by atoms with Gasteiger partial charge >= 0.3 is 6.01 Å². The minimum Gasteiger partial charge on any atom is -0.461 e. The Labute approximate surface area is 175 Å². The maximum atomic E-state index is 11.4. The summed E-state index contributed by atoms with van der Waals surface area (Å²) >= 11 is 0. The van der Waals surface area contributed by atoms with Crippen LogP contribution in [0.4, 0.5) is 11.5 Å². The van der Waals surface area contributed by atoms with Crippen LogP contribution in [0.5, 0.6) is 6.01 Å². The molecule has 7 nitrogen and oxygen atoms in total. The van der Waals surface area contributed by atoms with Gasteiger partial charge in [-0.05, 0) is 36.8 Å². The van der Waals surface area contributed by atoms with E-state index in [0.29, 0.717) is 25.4 Å². The summed E-state index contributed by atoms with van der Waals surface area (Å²) in [5, 5.41) is 5.41. The quantitative estimate of drug-likeness (QED) is 0.696. The number of benzene rings is 2. The van der Waals surface area contributed by atoms with Crippen molar-refractivity contribution in [3.8, 4) is 6.01 Å². The Balaban J connectivity index is 1.41. The fraction of sp³-hybridized carbons (Fsp3) is 0.348. The molecule has 0 bridgehead atoms. The number of hydrogen-bond acceptors (Lipinski definition) is 6. The lowest BCUT2D eigenvalue weighted by Crippen LogP contribution is -2.33. The molecule has 2 aliphatic heterocycles. The number of carbonyl (C=O) groups is 1. The second-order valence-electron chi connectivity index (χ2n) is 8.05. The first-order chi connectivity index (χ1) is 14.6. The van der Waals surface area contributed by atoms with E-state index < -0.39 is 0 Å². The molecule has 0 saturated carbocycles. The van der Waals surface area contributed by atoms with E-state index in [1.54, 1.807) is 0 Å². The number of rotatable bonds is 4. The summed E-state index contributed by atoms with van der Waals surface area (Å²) in [6.07, 6.45) is 2.11. The molecule has 0 unspecified atom stereocenters. The predicted octanol–water partition coefficient (Wildman–Crippen LogP) is 2.74. The van der Waals surface area contributed by atoms with Crippen molar-refractivity contribution in [1.29, 1.82) is 0 Å². The lowest BCUT2D eigenvalue weighted by atomic mass is 10.00. The van der Waals surface area contributed by atoms with E-state index in [4.69, 9.17) is 10.5 Å². The fourth-order valence-corrected chi connectivity index (χ4v) is 4.45. The number of hydrogen-bond donors (Lipinski definition) is 2. The summed E-state index contributed by atoms with van der Waals surface area (Å²) in [6.45, 7) is 4.03. The van der Waals surface area contributed by atoms with E-state index in [0.717, 1.165) is 30.6 Å². The normalized spacial score (nSPS) is 18.4. The average molecular weight is 403 g/mol. The molecule has 1 amide bonds. The zero-order valence-corrected chi connectivity index (χ0v) is 17.0. The highest BCUT2D eigenvalue weighted by Gasteiger charge is 2.25. The van der Waals surface area contributed by atoms with Crippen LogP contribution in [0.1, 0.15) is 29.7 Å². The smallest absolute Gasteiger partial charge is 0.318 e. The molecular weight excluding hydrogens is 378 g/mol. The number of aryl methyl sites for hydroxylation is 1. The first-order valence-electron chi connectivity index (χ1n) is 10.4. The van der Waals surface area contributed by atoms with Gasteiger partial charge in [-0.15, -0.1) is 0 Å². The Kier molecular flexibility index (Phi) is 4.65. The molecule has 2 aromatic carbocycles. The van der Waals surface area contributed by atoms with Gasteiger partial charge in [0.05, 0.1) is 18.3 Å². The van der Waals surface area contributed by atoms with Crippen molar-refractivity contribution in [3.63, 3.8) is 0 Å². The monoisotopic (exact) mass is 403 g/mol. The third-order valence-corrected chi connectivity index (χ3v) is 6.01. The van der Waals surface area contributed by atoms with Gasteiger partial charge in [0.2, 0.25) is 5.91 Å². The molecule has 0 aliphatic carbocycles. The molecule has 0 radical (unpaired) electrons. The zero-order chi connectivity index (χ0) is 20.7. The van der Waals surface area contributed by atoms with Crippen molar-refractivity contribution in [3.05, 3.63) is 53.2 Å². The molecule has 7 heteroatoms. The van der Waals surface area contributed by atoms with Gasteiger partial charge in [0.15, 0.2) is 0 Å². The number of nitrogens with zero attached hydrogens (tertiary/aromatic N) is 3. The molecule has 1 fully saturated rings. The molecule has 30 heavy (non-hydrogen) atoms. The van der Waals surface area contributed by atoms with Crippen LogP contribution >= 0.6 is 0 Å². The molecule has 1 saturated heterocycles. The summed E-state index contributed by atoms with van der Waals surface area (Å²) in [5.74, 6) is 0.551. The van der Waals surface area contributed by atoms with Gasteiger partial charge in [0.25, 0.3) is 0 Å². The maximum absolute atomic E-state index is 11.4. The van der Waals surface area contributed by atoms with Crippen molar-refractivity contribution in [2.75, 3.05) is 23.8 Å². The number of aromatic nitrogens is 2. The summed E-state index contributed by atoms with van der Waals surface area (Å²) < 4.78 is 5.78. The minimum atomic E-state index is 0.00788. The zero-order valence-electron chi connectivity index (χ0n) is 17.0. The molecule has 0 spiro atoms. The van der Waals surface area contributed by atoms with E-state index in [1.807, 2.05) is 0 Å². The van der Waals surface area contributed by atoms with Crippen molar-refractivity contribution in [2.45, 2.75) is 38.8 Å². The van der Waals surface area contributed by atoms with Gasteiger partial charge in [-0.3, -0.25) is 4.79 Å². The topological polar surface area (TPSA) is 93.4 Å². The Morgan fingerprint density at radius 3 is 2.83 bits per heavy atom. The van der Waals surface area contributed by atoms with E-state index in [2.05, 4.69) is 63.5 Å². The molecular formula is C23H25N5O2. The van der Waals surface area contributed by atoms with Gasteiger partial charge < -0.3 is 20.7 Å². The molecule has 3 heterocycles. The van der Waals surface area contributed by atoms with Crippen LogP contribution in [0.2, 0.25) is 0 Å². The molecule has 3 aromatic rings. The van der Waals surface area contributed by atoms with Crippen molar-refractivity contribution >= 4 is 28.2 Å². The average Bonchev–Trinajstić information content (AvgIpc) is 3.17. The summed E-state index contributed by atoms with van der Waals surface area (Å²) in [4.78, 5) is 22.7. The van der Waals surface area contributed by atoms with E-state index in [9.17, 15) is 4.79 Å². The number of nitrogens with one attached hydrogen (secondary N) is 1. The van der Waals surface area contributed by atoms with Crippen LogP contribution in [0, 0.1) is 6.92 Å². The molecule has 3 N–H and O–H groups in total. The summed E-state index contributed by atoms with van der Waals surface area (Å²) in [7, 11) is 0. The minimum absolute atomic E-state index is 0.00788. The molecule has 1 atom stereocenters. The molecule has 5 rings (SSSR count). The van der Waals surface area contributed by atoms with E-state index >= 15 is 0 Å². The van der Waals surface area contributed by atoms with Crippen molar-refractivity contribution < 1.29 is 9.53 Å². The maximum Gasteiger partial charge on any atom is 0.318 e. The number of fused-ring (bicyclic) bond motifs is 2. The van der Waals surface area contributed by atoms with Gasteiger partial charge in [-0.25, -0.2) is 0 Å². The molecule has 1 aromatic heterocycles. The largest absolute Gasteiger partial charge is 0.461 e. The fourth-order valence-electron chi connectivity index (χ4n) is 4.45. The SMILES string of the molecule is Cc1cccc2cccc(N3CCc4c(N)nc(OC[C@@H]5CCC(=O)N5)nc4C3)c12. The predicted molar refractivity (Wildman–Crippen MR) is 117 cm³/mol. The van der Waals surface area contributed by atoms with Crippen LogP contribution < -0.4 is 20.7 Å². The Hall–Kier alpha value is -3.35. The number of nitrogens with two attached hydrogens (primary N) is 1. The lowest BCUT2D eigenvalue weighted by Gasteiger charge is -2.31. The molecule has 2 aliphatic rings. The Morgan fingerprint density at radius 1 is 1.20 bits per heavy atom. The van der Waals surface area contributed by atoms with Gasteiger partial charge in [0, 0.05) is 29.6 Å². The van der Waals surface area contributed by atoms with Crippen LogP contribution in [-0.2, 0) is 17.8 Å². The van der Waals surface area contributed by atoms with Crippen LogP contribution in [-0.4, -0.2) is 35.1 Å². The van der Waals surface area contributed by atoms with Crippen LogP contribution in [0.25, 0.3) is 10.8 Å². The summed E-state index contributed by atoms with van der Waals surface area (Å²) in [5.41, 5.74) is 10.6. The lowest BCUT2D eigenvalue weighted by molar-refractivity contribution is -0.119. The van der Waals surface area contributed by atoms with Crippen LogP contribution in [0.3, 0.4) is 0 Å². The number of anilines is 2. The Morgan fingerprint density at radius 2 is 2.03 bits per heavy atom. The highest BCUT2D eigenvalue weighted by molar-refractivity contribution is 5.97. The summed E-state index contributed by atoms with van der Waals surface area (Å²) in [6, 6.07) is 13.1.